The second kappa shape index (κ2) is 4.22. The molecular weight excluding hydrogens is 108 g/mol. The highest BCUT2D eigenvalue weighted by Crippen LogP contribution is 2.08. The van der Waals surface area contributed by atoms with Gasteiger partial charge in [0.15, 0.2) is 0 Å². The van der Waals surface area contributed by atoms with Gasteiger partial charge >= 0.3 is 0 Å². The molecule has 0 aromatic heterocycles. The lowest BCUT2D eigenvalue weighted by atomic mass is 10.6. The Hall–Kier alpha value is 0.0500. The monoisotopic (exact) mass is 118 g/mol. The van der Waals surface area contributed by atoms with Crippen molar-refractivity contribution in [1.29, 1.82) is 0 Å². The van der Waals surface area contributed by atoms with Crippen molar-refractivity contribution in [2.45, 2.75) is 6.10 Å². The van der Waals surface area contributed by atoms with Crippen LogP contribution in [0.4, 0.5) is 0 Å². The Morgan fingerprint density at radius 2 is 2.14 bits per heavy atom. The van der Waals surface area contributed by atoms with Gasteiger partial charge in [0.1, 0.15) is 0 Å². The Balaban J connectivity index is 0.000000162. The fourth-order valence-electron chi connectivity index (χ4n) is 0.173. The van der Waals surface area contributed by atoms with Crippen molar-refractivity contribution in [3.8, 4) is 0 Å². The molecule has 0 aliphatic carbocycles. The van der Waals surface area contributed by atoms with Crippen molar-refractivity contribution in [1.82, 2.24) is 0 Å². The summed E-state index contributed by atoms with van der Waals surface area (Å²) in [5, 5.41) is 0. The molecule has 1 nitrogen and oxygen atoms in total. The summed E-state index contributed by atoms with van der Waals surface area (Å²) in [6.07, 6.45) is 0.498. The van der Waals surface area contributed by atoms with Crippen molar-refractivity contribution in [3.05, 3.63) is 13.2 Å². The number of rotatable bonds is 1. The van der Waals surface area contributed by atoms with Gasteiger partial charge in [-0.1, -0.05) is 0 Å². The van der Waals surface area contributed by atoms with Gasteiger partial charge in [0.25, 0.3) is 0 Å². The zero-order valence-electron chi connectivity index (χ0n) is 4.26. The van der Waals surface area contributed by atoms with Crippen molar-refractivity contribution < 1.29 is 4.74 Å². The molecule has 0 amide bonds. The molecule has 0 aromatic rings. The third kappa shape index (κ3) is 3.89. The van der Waals surface area contributed by atoms with Crippen molar-refractivity contribution in [3.63, 3.8) is 0 Å². The summed E-state index contributed by atoms with van der Waals surface area (Å²) >= 11 is 3.95. The molecule has 1 saturated heterocycles. The van der Waals surface area contributed by atoms with Crippen LogP contribution in [-0.4, -0.2) is 18.5 Å². The summed E-state index contributed by atoms with van der Waals surface area (Å²) < 4.78 is 4.78. The Bertz CT molecular complexity index is 43.3. The number of ether oxygens (including phenoxy) is 1. The predicted molar refractivity (Wildman–Crippen MR) is 34.8 cm³/mol. The largest absolute Gasteiger partial charge is 0.372 e. The maximum absolute atomic E-state index is 4.78. The first-order valence-corrected chi connectivity index (χ1v) is 2.79. The van der Waals surface area contributed by atoms with E-state index in [9.17, 15) is 0 Å². The van der Waals surface area contributed by atoms with Crippen molar-refractivity contribution >= 4 is 12.6 Å². The lowest BCUT2D eigenvalue weighted by molar-refractivity contribution is 0.426. The topological polar surface area (TPSA) is 12.5 Å². The van der Waals surface area contributed by atoms with E-state index in [0.29, 0.717) is 6.10 Å². The Morgan fingerprint density at radius 3 is 2.14 bits per heavy atom. The number of hydrogen-bond donors (Lipinski definition) is 1. The molecule has 0 saturated carbocycles. The van der Waals surface area contributed by atoms with Crippen LogP contribution in [-0.2, 0) is 4.74 Å². The zero-order chi connectivity index (χ0) is 5.70. The molecule has 1 fully saturated rings. The summed E-state index contributed by atoms with van der Waals surface area (Å²) in [6, 6.07) is 0. The molecule has 1 aliphatic heterocycles. The predicted octanol–water partition coefficient (Wildman–Crippen LogP) is 1.12. The van der Waals surface area contributed by atoms with E-state index in [1.54, 1.807) is 0 Å². The van der Waals surface area contributed by atoms with Gasteiger partial charge in [-0.2, -0.15) is 12.6 Å². The standard InChI is InChI=1S/C3H6OS.C2H4/c5-2-3-1-4-3;1-2/h3,5H,1-2H2;1-2H2. The maximum atomic E-state index is 4.78. The molecule has 7 heavy (non-hydrogen) atoms. The second-order valence-electron chi connectivity index (χ2n) is 1.14. The average molecular weight is 118 g/mol. The molecule has 0 aromatic carbocycles. The molecule has 1 rings (SSSR count). The summed E-state index contributed by atoms with van der Waals surface area (Å²) in [7, 11) is 0. The minimum Gasteiger partial charge on any atom is -0.372 e. The third-order valence-electron chi connectivity index (χ3n) is 0.606. The van der Waals surface area contributed by atoms with Crippen molar-refractivity contribution in [2.24, 2.45) is 0 Å². The summed E-state index contributed by atoms with van der Waals surface area (Å²) in [6.45, 7) is 6.93. The van der Waals surface area contributed by atoms with Gasteiger partial charge in [0.05, 0.1) is 12.7 Å². The molecule has 42 valence electrons. The summed E-state index contributed by atoms with van der Waals surface area (Å²) in [5.41, 5.74) is 0. The third-order valence-corrected chi connectivity index (χ3v) is 1.01. The van der Waals surface area contributed by atoms with Gasteiger partial charge in [-0.05, 0) is 0 Å². The van der Waals surface area contributed by atoms with Gasteiger partial charge < -0.3 is 4.74 Å². The fourth-order valence-corrected chi connectivity index (χ4v) is 0.384. The first-order chi connectivity index (χ1) is 3.43. The highest BCUT2D eigenvalue weighted by molar-refractivity contribution is 7.80. The lowest BCUT2D eigenvalue weighted by Gasteiger charge is -1.69. The molecule has 0 N–H and O–H groups in total. The van der Waals surface area contributed by atoms with Crippen LogP contribution in [0.15, 0.2) is 13.2 Å². The molecule has 1 atom stereocenters. The SMILES string of the molecule is C=C.SCC1CO1. The van der Waals surface area contributed by atoms with E-state index < -0.39 is 0 Å². The molecular formula is C5H10OS. The molecule has 0 radical (unpaired) electrons. The van der Waals surface area contributed by atoms with E-state index in [0.717, 1.165) is 12.4 Å². The molecule has 0 bridgehead atoms. The van der Waals surface area contributed by atoms with E-state index in [4.69, 9.17) is 4.74 Å². The first-order valence-electron chi connectivity index (χ1n) is 2.16. The van der Waals surface area contributed by atoms with E-state index >= 15 is 0 Å². The molecule has 0 spiro atoms. The first kappa shape index (κ1) is 7.05. The zero-order valence-corrected chi connectivity index (χ0v) is 5.16. The Morgan fingerprint density at radius 1 is 1.71 bits per heavy atom. The molecule has 1 aliphatic rings. The van der Waals surface area contributed by atoms with Gasteiger partial charge in [-0.3, -0.25) is 0 Å². The minimum atomic E-state index is 0.498. The van der Waals surface area contributed by atoms with Crippen LogP contribution in [0, 0.1) is 0 Å². The normalized spacial score (nSPS) is 25.0. The Labute approximate surface area is 49.8 Å². The quantitative estimate of drug-likeness (QED) is 0.309. The maximum Gasteiger partial charge on any atom is 0.0897 e. The van der Waals surface area contributed by atoms with Crippen molar-refractivity contribution in [2.75, 3.05) is 12.4 Å². The highest BCUT2D eigenvalue weighted by atomic mass is 32.1. The van der Waals surface area contributed by atoms with Crippen LogP contribution >= 0.6 is 12.6 Å². The average Bonchev–Trinajstić information content (AvgIpc) is 2.52. The van der Waals surface area contributed by atoms with Crippen LogP contribution in [0.25, 0.3) is 0 Å². The number of epoxide rings is 1. The lowest BCUT2D eigenvalue weighted by Crippen LogP contribution is -1.80. The van der Waals surface area contributed by atoms with Gasteiger partial charge in [-0.15, -0.1) is 13.2 Å². The van der Waals surface area contributed by atoms with Crippen LogP contribution in [0.2, 0.25) is 0 Å². The van der Waals surface area contributed by atoms with Crippen LogP contribution < -0.4 is 0 Å². The van der Waals surface area contributed by atoms with Gasteiger partial charge in [0.2, 0.25) is 0 Å². The second-order valence-corrected chi connectivity index (χ2v) is 1.50. The summed E-state index contributed by atoms with van der Waals surface area (Å²) in [4.78, 5) is 0. The van der Waals surface area contributed by atoms with E-state index in [2.05, 4.69) is 25.8 Å². The van der Waals surface area contributed by atoms with E-state index in [-0.39, 0.29) is 0 Å². The fraction of sp³-hybridized carbons (Fsp3) is 0.600. The summed E-state index contributed by atoms with van der Waals surface area (Å²) in [5.74, 6) is 0.889. The number of hydrogen-bond acceptors (Lipinski definition) is 2. The Kier molecular flexibility index (Phi) is 4.25. The molecule has 2 heteroatoms. The van der Waals surface area contributed by atoms with Crippen LogP contribution in [0.3, 0.4) is 0 Å². The van der Waals surface area contributed by atoms with E-state index in [1.165, 1.54) is 0 Å². The highest BCUT2D eigenvalue weighted by Gasteiger charge is 2.18. The van der Waals surface area contributed by atoms with Crippen LogP contribution in [0.1, 0.15) is 0 Å². The van der Waals surface area contributed by atoms with E-state index in [1.807, 2.05) is 0 Å². The van der Waals surface area contributed by atoms with Gasteiger partial charge in [0, 0.05) is 5.75 Å². The molecule has 1 heterocycles. The van der Waals surface area contributed by atoms with Crippen LogP contribution in [0.5, 0.6) is 0 Å². The van der Waals surface area contributed by atoms with Gasteiger partial charge in [-0.25, -0.2) is 0 Å². The number of thiol groups is 1. The minimum absolute atomic E-state index is 0.498. The molecule has 1 unspecified atom stereocenters. The smallest absolute Gasteiger partial charge is 0.0897 e.